The number of carbonyl (C=O) groups excluding carboxylic acids is 1. The summed E-state index contributed by atoms with van der Waals surface area (Å²) in [5.41, 5.74) is 1.17. The first-order chi connectivity index (χ1) is 14.6. The molecular formula is C21H21N7O2. The molecule has 0 N–H and O–H groups in total. The third kappa shape index (κ3) is 2.99. The minimum Gasteiger partial charge on any atom is -0.338 e. The van der Waals surface area contributed by atoms with Crippen LogP contribution in [0.3, 0.4) is 0 Å². The maximum absolute atomic E-state index is 13.1. The Bertz CT molecular complexity index is 1290. The Balaban J connectivity index is 1.43. The molecule has 3 aromatic heterocycles. The van der Waals surface area contributed by atoms with Gasteiger partial charge >= 0.3 is 0 Å². The number of aryl methyl sites for hydroxylation is 1. The molecule has 152 valence electrons. The van der Waals surface area contributed by atoms with Crippen molar-refractivity contribution >= 4 is 33.7 Å². The molecule has 0 bridgehead atoms. The van der Waals surface area contributed by atoms with Gasteiger partial charge in [-0.15, -0.1) is 0 Å². The predicted octanol–water partition coefficient (Wildman–Crippen LogP) is 1.03. The lowest BCUT2D eigenvalue weighted by atomic mass is 10.2. The summed E-state index contributed by atoms with van der Waals surface area (Å²) < 4.78 is 3.13. The van der Waals surface area contributed by atoms with Crippen LogP contribution < -0.4 is 10.5 Å². The van der Waals surface area contributed by atoms with Gasteiger partial charge in [0.2, 0.25) is 11.9 Å². The molecule has 0 radical (unpaired) electrons. The lowest BCUT2D eigenvalue weighted by Crippen LogP contribution is -2.50. The van der Waals surface area contributed by atoms with E-state index in [1.165, 1.54) is 4.68 Å². The molecule has 9 heteroatoms. The van der Waals surface area contributed by atoms with Crippen molar-refractivity contribution in [1.29, 1.82) is 0 Å². The monoisotopic (exact) mass is 403 g/mol. The van der Waals surface area contributed by atoms with Gasteiger partial charge in [0.05, 0.1) is 6.20 Å². The summed E-state index contributed by atoms with van der Waals surface area (Å²) in [7, 11) is 1.62. The van der Waals surface area contributed by atoms with Gasteiger partial charge in [0, 0.05) is 61.9 Å². The summed E-state index contributed by atoms with van der Waals surface area (Å²) in [6, 6.07) is 9.52. The van der Waals surface area contributed by atoms with Crippen molar-refractivity contribution in [3.05, 3.63) is 59.3 Å². The highest BCUT2D eigenvalue weighted by Crippen LogP contribution is 2.26. The third-order valence-corrected chi connectivity index (χ3v) is 5.63. The summed E-state index contributed by atoms with van der Waals surface area (Å²) >= 11 is 0. The van der Waals surface area contributed by atoms with Gasteiger partial charge in [-0.1, -0.05) is 18.2 Å². The molecule has 0 saturated carbocycles. The zero-order valence-electron chi connectivity index (χ0n) is 16.6. The van der Waals surface area contributed by atoms with Gasteiger partial charge in [0.15, 0.2) is 0 Å². The van der Waals surface area contributed by atoms with Crippen molar-refractivity contribution in [2.45, 2.75) is 6.54 Å². The molecular weight excluding hydrogens is 382 g/mol. The minimum absolute atomic E-state index is 0.00912. The minimum atomic E-state index is -0.206. The molecule has 1 fully saturated rings. The van der Waals surface area contributed by atoms with E-state index in [0.29, 0.717) is 37.6 Å². The number of rotatable bonds is 3. The standard InChI is InChI=1S/C21H21N7O2/c1-25-20(30)19-16(13-24-25)15-5-2-3-6-17(15)28(19)14-18(29)26-9-11-27(12-10-26)21-22-7-4-8-23-21/h2-8,13H,9-12,14H2,1H3. The summed E-state index contributed by atoms with van der Waals surface area (Å²) in [5.74, 6) is 0.674. The highest BCUT2D eigenvalue weighted by Gasteiger charge is 2.24. The Hall–Kier alpha value is -3.75. The number of piperazine rings is 1. The smallest absolute Gasteiger partial charge is 0.291 e. The fraction of sp³-hybridized carbons (Fsp3) is 0.286. The van der Waals surface area contributed by atoms with Crippen LogP contribution in [-0.2, 0) is 18.4 Å². The van der Waals surface area contributed by atoms with Crippen LogP contribution in [0.4, 0.5) is 5.95 Å². The number of fused-ring (bicyclic) bond motifs is 3. The molecule has 9 nitrogen and oxygen atoms in total. The van der Waals surface area contributed by atoms with E-state index in [-0.39, 0.29) is 18.0 Å². The highest BCUT2D eigenvalue weighted by atomic mass is 16.2. The summed E-state index contributed by atoms with van der Waals surface area (Å²) in [6.07, 6.45) is 5.13. The van der Waals surface area contributed by atoms with E-state index in [1.54, 1.807) is 31.7 Å². The largest absolute Gasteiger partial charge is 0.338 e. The number of hydrogen-bond donors (Lipinski definition) is 0. The first-order valence-electron chi connectivity index (χ1n) is 9.86. The molecule has 1 amide bonds. The van der Waals surface area contributed by atoms with Crippen molar-refractivity contribution in [3.63, 3.8) is 0 Å². The van der Waals surface area contributed by atoms with Crippen molar-refractivity contribution in [2.75, 3.05) is 31.1 Å². The summed E-state index contributed by atoms with van der Waals surface area (Å²) in [4.78, 5) is 38.4. The molecule has 5 rings (SSSR count). The van der Waals surface area contributed by atoms with Crippen LogP contribution in [0.1, 0.15) is 0 Å². The number of benzene rings is 1. The van der Waals surface area contributed by atoms with E-state index in [1.807, 2.05) is 33.7 Å². The van der Waals surface area contributed by atoms with Crippen molar-refractivity contribution < 1.29 is 4.79 Å². The number of nitrogens with zero attached hydrogens (tertiary/aromatic N) is 7. The van der Waals surface area contributed by atoms with Crippen molar-refractivity contribution in [1.82, 2.24) is 29.2 Å². The zero-order valence-corrected chi connectivity index (χ0v) is 16.6. The van der Waals surface area contributed by atoms with Gasteiger partial charge in [-0.2, -0.15) is 5.10 Å². The average molecular weight is 403 g/mol. The first kappa shape index (κ1) is 18.3. The quantitative estimate of drug-likeness (QED) is 0.508. The van der Waals surface area contributed by atoms with Gasteiger partial charge in [0.1, 0.15) is 12.1 Å². The molecule has 1 saturated heterocycles. The average Bonchev–Trinajstić information content (AvgIpc) is 3.11. The van der Waals surface area contributed by atoms with Gasteiger partial charge in [0.25, 0.3) is 5.56 Å². The Morgan fingerprint density at radius 3 is 2.50 bits per heavy atom. The lowest BCUT2D eigenvalue weighted by molar-refractivity contribution is -0.132. The van der Waals surface area contributed by atoms with Crippen LogP contribution >= 0.6 is 0 Å². The number of anilines is 1. The molecule has 1 aliphatic rings. The maximum Gasteiger partial charge on any atom is 0.291 e. The highest BCUT2D eigenvalue weighted by molar-refractivity contribution is 6.07. The zero-order chi connectivity index (χ0) is 20.7. The maximum atomic E-state index is 13.1. The third-order valence-electron chi connectivity index (χ3n) is 5.63. The normalized spacial score (nSPS) is 14.6. The Kier molecular flexibility index (Phi) is 4.42. The first-order valence-corrected chi connectivity index (χ1v) is 9.86. The molecule has 4 heterocycles. The Morgan fingerprint density at radius 1 is 1.00 bits per heavy atom. The molecule has 4 aromatic rings. The molecule has 0 spiro atoms. The number of amides is 1. The predicted molar refractivity (Wildman–Crippen MR) is 113 cm³/mol. The fourth-order valence-electron chi connectivity index (χ4n) is 4.05. The van der Waals surface area contributed by atoms with E-state index in [9.17, 15) is 9.59 Å². The Labute approximate surface area is 172 Å². The molecule has 1 aliphatic heterocycles. The van der Waals surface area contributed by atoms with Crippen molar-refractivity contribution in [2.24, 2.45) is 7.05 Å². The fourth-order valence-corrected chi connectivity index (χ4v) is 4.05. The number of aromatic nitrogens is 5. The van der Waals surface area contributed by atoms with E-state index in [4.69, 9.17) is 0 Å². The molecule has 30 heavy (non-hydrogen) atoms. The molecule has 0 unspecified atom stereocenters. The van der Waals surface area contributed by atoms with E-state index in [0.717, 1.165) is 16.3 Å². The second kappa shape index (κ2) is 7.25. The van der Waals surface area contributed by atoms with Crippen LogP contribution in [0.25, 0.3) is 21.8 Å². The van der Waals surface area contributed by atoms with Gasteiger partial charge < -0.3 is 14.4 Å². The van der Waals surface area contributed by atoms with Crippen LogP contribution in [0.15, 0.2) is 53.7 Å². The summed E-state index contributed by atoms with van der Waals surface area (Å²) in [5, 5.41) is 5.85. The summed E-state index contributed by atoms with van der Waals surface area (Å²) in [6.45, 7) is 2.65. The van der Waals surface area contributed by atoms with Crippen LogP contribution in [0, 0.1) is 0 Å². The van der Waals surface area contributed by atoms with Gasteiger partial charge in [-0.05, 0) is 12.1 Å². The number of carbonyl (C=O) groups is 1. The van der Waals surface area contributed by atoms with E-state index < -0.39 is 0 Å². The van der Waals surface area contributed by atoms with Gasteiger partial charge in [-0.3, -0.25) is 9.59 Å². The topological polar surface area (TPSA) is 89.2 Å². The lowest BCUT2D eigenvalue weighted by Gasteiger charge is -2.34. The SMILES string of the molecule is Cn1ncc2c3ccccc3n(CC(=O)N3CCN(c4ncccn4)CC3)c2c1=O. The molecule has 0 aliphatic carbocycles. The molecule has 1 aromatic carbocycles. The van der Waals surface area contributed by atoms with Crippen molar-refractivity contribution in [3.8, 4) is 0 Å². The second-order valence-electron chi connectivity index (χ2n) is 7.36. The van der Waals surface area contributed by atoms with Crippen LogP contribution in [-0.4, -0.2) is 61.3 Å². The van der Waals surface area contributed by atoms with Crippen LogP contribution in [0.5, 0.6) is 0 Å². The number of para-hydroxylation sites is 1. The van der Waals surface area contributed by atoms with Crippen LogP contribution in [0.2, 0.25) is 0 Å². The van der Waals surface area contributed by atoms with Gasteiger partial charge in [-0.25, -0.2) is 14.6 Å². The molecule has 0 atom stereocenters. The second-order valence-corrected chi connectivity index (χ2v) is 7.36. The Morgan fingerprint density at radius 2 is 1.73 bits per heavy atom. The van der Waals surface area contributed by atoms with E-state index in [2.05, 4.69) is 20.0 Å². The van der Waals surface area contributed by atoms with E-state index >= 15 is 0 Å². The number of hydrogen-bond acceptors (Lipinski definition) is 6.